The van der Waals surface area contributed by atoms with E-state index in [0.717, 1.165) is 25.9 Å². The highest BCUT2D eigenvalue weighted by atomic mass is 16.4. The fourth-order valence-electron chi connectivity index (χ4n) is 2.17. The van der Waals surface area contributed by atoms with Crippen LogP contribution in [0.5, 0.6) is 0 Å². The number of aliphatic carboxylic acids is 1. The maximum absolute atomic E-state index is 10.8. The van der Waals surface area contributed by atoms with E-state index in [-0.39, 0.29) is 5.92 Å². The van der Waals surface area contributed by atoms with Crippen LogP contribution in [0.3, 0.4) is 0 Å². The molecule has 1 heterocycles. The van der Waals surface area contributed by atoms with Crippen molar-refractivity contribution in [3.8, 4) is 0 Å². The van der Waals surface area contributed by atoms with Gasteiger partial charge in [0.05, 0.1) is 5.92 Å². The third kappa shape index (κ3) is 2.83. The smallest absolute Gasteiger partial charge is 0.307 e. The van der Waals surface area contributed by atoms with Crippen molar-refractivity contribution in [2.45, 2.75) is 12.8 Å². The summed E-state index contributed by atoms with van der Waals surface area (Å²) in [6.45, 7) is 2.60. The highest BCUT2D eigenvalue weighted by Gasteiger charge is 2.27. The number of carbonyl (C=O) groups is 1. The van der Waals surface area contributed by atoms with E-state index in [9.17, 15) is 4.79 Å². The maximum Gasteiger partial charge on any atom is 0.307 e. The topological polar surface area (TPSA) is 40.5 Å². The van der Waals surface area contributed by atoms with E-state index < -0.39 is 5.97 Å². The first kappa shape index (κ1) is 11.1. The van der Waals surface area contributed by atoms with E-state index in [2.05, 4.69) is 17.0 Å². The van der Waals surface area contributed by atoms with E-state index in [0.29, 0.717) is 6.54 Å². The number of benzene rings is 1. The summed E-state index contributed by atoms with van der Waals surface area (Å²) in [6.07, 6.45) is 1.80. The van der Waals surface area contributed by atoms with Crippen LogP contribution < -0.4 is 0 Å². The number of rotatable bonds is 4. The lowest BCUT2D eigenvalue weighted by Crippen LogP contribution is -2.25. The van der Waals surface area contributed by atoms with Crippen molar-refractivity contribution in [3.63, 3.8) is 0 Å². The standard InChI is InChI=1S/C13H17NO2/c15-13(16)12-7-9-14(10-12)8-6-11-4-2-1-3-5-11/h1-5,12H,6-10H2,(H,15,16)/t12-/m0/s1. The van der Waals surface area contributed by atoms with Crippen molar-refractivity contribution in [2.24, 2.45) is 5.92 Å². The Balaban J connectivity index is 1.78. The fraction of sp³-hybridized carbons (Fsp3) is 0.462. The molecular weight excluding hydrogens is 202 g/mol. The van der Waals surface area contributed by atoms with Crippen LogP contribution in [0.1, 0.15) is 12.0 Å². The SMILES string of the molecule is O=C(O)[C@H]1CCN(CCc2ccccc2)C1. The molecule has 0 aromatic heterocycles. The fourth-order valence-corrected chi connectivity index (χ4v) is 2.17. The minimum atomic E-state index is -0.651. The summed E-state index contributed by atoms with van der Waals surface area (Å²) in [5.74, 6) is -0.807. The summed E-state index contributed by atoms with van der Waals surface area (Å²) >= 11 is 0. The Labute approximate surface area is 95.7 Å². The minimum absolute atomic E-state index is 0.157. The molecule has 1 saturated heterocycles. The van der Waals surface area contributed by atoms with Crippen molar-refractivity contribution in [1.82, 2.24) is 4.90 Å². The van der Waals surface area contributed by atoms with E-state index in [1.807, 2.05) is 18.2 Å². The Morgan fingerprint density at radius 3 is 2.75 bits per heavy atom. The predicted octanol–water partition coefficient (Wildman–Crippen LogP) is 1.64. The van der Waals surface area contributed by atoms with Crippen LogP contribution in [0.15, 0.2) is 30.3 Å². The molecule has 0 radical (unpaired) electrons. The number of nitrogens with zero attached hydrogens (tertiary/aromatic N) is 1. The molecule has 1 aromatic carbocycles. The average molecular weight is 219 g/mol. The van der Waals surface area contributed by atoms with E-state index >= 15 is 0 Å². The molecule has 86 valence electrons. The summed E-state index contributed by atoms with van der Waals surface area (Å²) in [7, 11) is 0. The third-order valence-electron chi connectivity index (χ3n) is 3.18. The largest absolute Gasteiger partial charge is 0.481 e. The lowest BCUT2D eigenvalue weighted by Gasteiger charge is -2.14. The molecule has 3 heteroatoms. The van der Waals surface area contributed by atoms with Crippen molar-refractivity contribution >= 4 is 5.97 Å². The summed E-state index contributed by atoms with van der Waals surface area (Å²) in [6, 6.07) is 10.3. The van der Waals surface area contributed by atoms with Gasteiger partial charge >= 0.3 is 5.97 Å². The molecule has 3 nitrogen and oxygen atoms in total. The van der Waals surface area contributed by atoms with Crippen LogP contribution in [0, 0.1) is 5.92 Å². The second-order valence-corrected chi connectivity index (χ2v) is 4.36. The molecule has 2 rings (SSSR count). The Hall–Kier alpha value is -1.35. The van der Waals surface area contributed by atoms with Crippen LogP contribution in [0.2, 0.25) is 0 Å². The van der Waals surface area contributed by atoms with Gasteiger partial charge in [-0.05, 0) is 24.9 Å². The van der Waals surface area contributed by atoms with Gasteiger partial charge in [0, 0.05) is 13.1 Å². The molecule has 0 unspecified atom stereocenters. The number of carboxylic acids is 1. The minimum Gasteiger partial charge on any atom is -0.481 e. The monoisotopic (exact) mass is 219 g/mol. The van der Waals surface area contributed by atoms with Crippen molar-refractivity contribution in [1.29, 1.82) is 0 Å². The molecule has 1 aliphatic heterocycles. The molecule has 1 aromatic rings. The summed E-state index contributed by atoms with van der Waals surface area (Å²) < 4.78 is 0. The Morgan fingerprint density at radius 2 is 2.12 bits per heavy atom. The lowest BCUT2D eigenvalue weighted by molar-refractivity contribution is -0.141. The van der Waals surface area contributed by atoms with Gasteiger partial charge in [-0.15, -0.1) is 0 Å². The second kappa shape index (κ2) is 5.12. The van der Waals surface area contributed by atoms with E-state index in [1.165, 1.54) is 5.56 Å². The average Bonchev–Trinajstić information content (AvgIpc) is 2.76. The quantitative estimate of drug-likeness (QED) is 0.836. The van der Waals surface area contributed by atoms with Crippen molar-refractivity contribution < 1.29 is 9.90 Å². The normalized spacial score (nSPS) is 21.1. The molecule has 0 amide bonds. The number of hydrogen-bond donors (Lipinski definition) is 1. The molecule has 1 atom stereocenters. The number of carboxylic acid groups (broad SMARTS) is 1. The van der Waals surface area contributed by atoms with Gasteiger partial charge in [0.25, 0.3) is 0 Å². The zero-order valence-electron chi connectivity index (χ0n) is 9.30. The molecule has 0 aliphatic carbocycles. The summed E-state index contributed by atoms with van der Waals surface area (Å²) in [5, 5.41) is 8.89. The maximum atomic E-state index is 10.8. The first-order valence-electron chi connectivity index (χ1n) is 5.75. The number of hydrogen-bond acceptors (Lipinski definition) is 2. The second-order valence-electron chi connectivity index (χ2n) is 4.36. The van der Waals surface area contributed by atoms with Crippen molar-refractivity contribution in [3.05, 3.63) is 35.9 Å². The van der Waals surface area contributed by atoms with Crippen LogP contribution in [0.25, 0.3) is 0 Å². The zero-order chi connectivity index (χ0) is 11.4. The van der Waals surface area contributed by atoms with Gasteiger partial charge in [-0.2, -0.15) is 0 Å². The van der Waals surface area contributed by atoms with E-state index in [4.69, 9.17) is 5.11 Å². The van der Waals surface area contributed by atoms with Gasteiger partial charge in [0.1, 0.15) is 0 Å². The summed E-state index contributed by atoms with van der Waals surface area (Å²) in [4.78, 5) is 13.0. The Bertz CT molecular complexity index is 350. The molecule has 0 saturated carbocycles. The zero-order valence-corrected chi connectivity index (χ0v) is 9.30. The van der Waals surface area contributed by atoms with Gasteiger partial charge in [0.15, 0.2) is 0 Å². The van der Waals surface area contributed by atoms with E-state index in [1.54, 1.807) is 0 Å². The molecular formula is C13H17NO2. The molecule has 1 fully saturated rings. The molecule has 1 aliphatic rings. The molecule has 16 heavy (non-hydrogen) atoms. The van der Waals surface area contributed by atoms with Crippen LogP contribution in [-0.2, 0) is 11.2 Å². The number of likely N-dealkylation sites (tertiary alicyclic amines) is 1. The molecule has 0 spiro atoms. The third-order valence-corrected chi connectivity index (χ3v) is 3.18. The first-order chi connectivity index (χ1) is 7.75. The predicted molar refractivity (Wildman–Crippen MR) is 62.3 cm³/mol. The lowest BCUT2D eigenvalue weighted by atomic mass is 10.1. The Kier molecular flexibility index (Phi) is 3.57. The van der Waals surface area contributed by atoms with Gasteiger partial charge in [-0.1, -0.05) is 30.3 Å². The van der Waals surface area contributed by atoms with Gasteiger partial charge in [0.2, 0.25) is 0 Å². The Morgan fingerprint density at radius 1 is 1.38 bits per heavy atom. The summed E-state index contributed by atoms with van der Waals surface area (Å²) in [5.41, 5.74) is 1.32. The van der Waals surface area contributed by atoms with Gasteiger partial charge in [-0.25, -0.2) is 0 Å². The first-order valence-corrected chi connectivity index (χ1v) is 5.75. The highest BCUT2D eigenvalue weighted by molar-refractivity contribution is 5.70. The van der Waals surface area contributed by atoms with Crippen LogP contribution in [-0.4, -0.2) is 35.6 Å². The van der Waals surface area contributed by atoms with Crippen LogP contribution >= 0.6 is 0 Å². The van der Waals surface area contributed by atoms with Crippen LogP contribution in [0.4, 0.5) is 0 Å². The molecule has 1 N–H and O–H groups in total. The van der Waals surface area contributed by atoms with Gasteiger partial charge < -0.3 is 10.0 Å². The van der Waals surface area contributed by atoms with Crippen molar-refractivity contribution in [2.75, 3.05) is 19.6 Å². The molecule has 0 bridgehead atoms. The van der Waals surface area contributed by atoms with Gasteiger partial charge in [-0.3, -0.25) is 4.79 Å². The highest BCUT2D eigenvalue weighted by Crippen LogP contribution is 2.16.